The Labute approximate surface area is 287 Å². The molecule has 7 aromatic carbocycles. The van der Waals surface area contributed by atoms with E-state index in [-0.39, 0.29) is 0 Å². The van der Waals surface area contributed by atoms with E-state index < -0.39 is 0 Å². The highest BCUT2D eigenvalue weighted by atomic mass is 16.3. The van der Waals surface area contributed by atoms with Gasteiger partial charge in [-0.15, -0.1) is 0 Å². The summed E-state index contributed by atoms with van der Waals surface area (Å²) in [6.07, 6.45) is 0. The molecule has 0 atom stereocenters. The highest BCUT2D eigenvalue weighted by Gasteiger charge is 2.16. The molecular formula is C46H28N2O2. The van der Waals surface area contributed by atoms with Crippen LogP contribution in [0.25, 0.3) is 100 Å². The van der Waals surface area contributed by atoms with E-state index in [1.54, 1.807) is 0 Å². The molecule has 4 heteroatoms. The van der Waals surface area contributed by atoms with Gasteiger partial charge in [0, 0.05) is 38.2 Å². The molecule has 0 radical (unpaired) electrons. The lowest BCUT2D eigenvalue weighted by Crippen LogP contribution is -1.96. The number of furan rings is 2. The number of nitrogens with zero attached hydrogens (tertiary/aromatic N) is 2. The van der Waals surface area contributed by atoms with Gasteiger partial charge in [-0.25, -0.2) is 9.97 Å². The molecule has 50 heavy (non-hydrogen) atoms. The molecule has 0 saturated carbocycles. The fourth-order valence-corrected chi connectivity index (χ4v) is 6.96. The average Bonchev–Trinajstić information content (AvgIpc) is 3.74. The van der Waals surface area contributed by atoms with Gasteiger partial charge in [0.15, 0.2) is 5.82 Å². The van der Waals surface area contributed by atoms with Crippen molar-refractivity contribution < 1.29 is 8.83 Å². The van der Waals surface area contributed by atoms with Crippen LogP contribution in [-0.4, -0.2) is 9.97 Å². The molecule has 0 spiro atoms. The summed E-state index contributed by atoms with van der Waals surface area (Å²) < 4.78 is 12.8. The number of fused-ring (bicyclic) bond motifs is 6. The molecule has 3 heterocycles. The van der Waals surface area contributed by atoms with E-state index in [1.807, 2.05) is 42.5 Å². The van der Waals surface area contributed by atoms with Crippen LogP contribution in [0, 0.1) is 0 Å². The van der Waals surface area contributed by atoms with Crippen molar-refractivity contribution in [3.8, 4) is 56.2 Å². The minimum atomic E-state index is 0.685. The van der Waals surface area contributed by atoms with Gasteiger partial charge in [-0.2, -0.15) is 0 Å². The van der Waals surface area contributed by atoms with Crippen LogP contribution >= 0.6 is 0 Å². The molecule has 0 amide bonds. The van der Waals surface area contributed by atoms with Gasteiger partial charge >= 0.3 is 0 Å². The van der Waals surface area contributed by atoms with Crippen LogP contribution in [0.5, 0.6) is 0 Å². The number of hydrogen-bond donors (Lipinski definition) is 0. The van der Waals surface area contributed by atoms with E-state index in [0.29, 0.717) is 5.82 Å². The van der Waals surface area contributed by atoms with Crippen LogP contribution in [0.15, 0.2) is 179 Å². The second kappa shape index (κ2) is 11.4. The average molecular weight is 641 g/mol. The zero-order chi connectivity index (χ0) is 33.0. The zero-order valence-electron chi connectivity index (χ0n) is 26.9. The predicted octanol–water partition coefficient (Wildman–Crippen LogP) is 12.6. The van der Waals surface area contributed by atoms with Crippen molar-refractivity contribution in [2.24, 2.45) is 0 Å². The smallest absolute Gasteiger partial charge is 0.160 e. The standard InChI is InChI=1S/C46H28N2O2/c1-4-11-29(12-5-1)33-19-21-42-36(24-33)38-26-45-39(27-44(38)49-42)37-25-34(20-22-43(37)50-45)32-17-10-18-35(23-32)46-47-40(30-13-6-2-7-14-30)28-41(48-46)31-15-8-3-9-16-31/h1-28H. The van der Waals surface area contributed by atoms with E-state index in [0.717, 1.165) is 88.6 Å². The Balaban J connectivity index is 1.07. The number of rotatable bonds is 5. The number of benzene rings is 7. The highest BCUT2D eigenvalue weighted by Crippen LogP contribution is 2.39. The fraction of sp³-hybridized carbons (Fsp3) is 0. The van der Waals surface area contributed by atoms with Crippen molar-refractivity contribution in [1.29, 1.82) is 0 Å². The summed E-state index contributed by atoms with van der Waals surface area (Å²) in [5.41, 5.74) is 12.7. The molecule has 0 unspecified atom stereocenters. The van der Waals surface area contributed by atoms with Crippen molar-refractivity contribution in [1.82, 2.24) is 9.97 Å². The first-order valence-corrected chi connectivity index (χ1v) is 16.7. The summed E-state index contributed by atoms with van der Waals surface area (Å²) in [5.74, 6) is 0.685. The normalized spacial score (nSPS) is 11.6. The maximum Gasteiger partial charge on any atom is 0.160 e. The Kier molecular flexibility index (Phi) is 6.46. The van der Waals surface area contributed by atoms with E-state index in [9.17, 15) is 0 Å². The van der Waals surface area contributed by atoms with Crippen LogP contribution in [0.4, 0.5) is 0 Å². The van der Waals surface area contributed by atoms with E-state index >= 15 is 0 Å². The minimum Gasteiger partial charge on any atom is -0.456 e. The summed E-state index contributed by atoms with van der Waals surface area (Å²) in [7, 11) is 0. The lowest BCUT2D eigenvalue weighted by Gasteiger charge is -2.10. The SMILES string of the molecule is c1ccc(-c2ccc3oc4cc5c(cc4c3c2)oc2ccc(-c3cccc(-c4nc(-c6ccccc6)cc(-c6ccccc6)n4)c3)cc25)cc1. The van der Waals surface area contributed by atoms with Crippen molar-refractivity contribution in [3.05, 3.63) is 170 Å². The lowest BCUT2D eigenvalue weighted by molar-refractivity contribution is 0.664. The van der Waals surface area contributed by atoms with Crippen LogP contribution < -0.4 is 0 Å². The molecule has 3 aromatic heterocycles. The quantitative estimate of drug-likeness (QED) is 0.188. The van der Waals surface area contributed by atoms with Gasteiger partial charge in [-0.3, -0.25) is 0 Å². The van der Waals surface area contributed by atoms with Gasteiger partial charge in [-0.1, -0.05) is 121 Å². The number of hydrogen-bond acceptors (Lipinski definition) is 4. The third-order valence-corrected chi connectivity index (χ3v) is 9.49. The summed E-state index contributed by atoms with van der Waals surface area (Å²) >= 11 is 0. The topological polar surface area (TPSA) is 52.1 Å². The Morgan fingerprint density at radius 3 is 1.24 bits per heavy atom. The molecule has 0 aliphatic carbocycles. The van der Waals surface area contributed by atoms with Crippen LogP contribution in [-0.2, 0) is 0 Å². The molecule has 0 fully saturated rings. The second-order valence-corrected chi connectivity index (χ2v) is 12.6. The first-order valence-electron chi connectivity index (χ1n) is 16.7. The summed E-state index contributed by atoms with van der Waals surface area (Å²) in [4.78, 5) is 10.1. The Morgan fingerprint density at radius 2 is 0.700 bits per heavy atom. The van der Waals surface area contributed by atoms with E-state index in [4.69, 9.17) is 18.8 Å². The third-order valence-electron chi connectivity index (χ3n) is 9.49. The van der Waals surface area contributed by atoms with Crippen molar-refractivity contribution >= 4 is 43.9 Å². The Bertz CT molecular complexity index is 2800. The second-order valence-electron chi connectivity index (χ2n) is 12.6. The van der Waals surface area contributed by atoms with Gasteiger partial charge in [0.2, 0.25) is 0 Å². The molecule has 4 nitrogen and oxygen atoms in total. The fourth-order valence-electron chi connectivity index (χ4n) is 6.96. The molecule has 0 aliphatic rings. The molecule has 0 bridgehead atoms. The zero-order valence-corrected chi connectivity index (χ0v) is 26.9. The minimum absolute atomic E-state index is 0.685. The van der Waals surface area contributed by atoms with Gasteiger partial charge in [0.25, 0.3) is 0 Å². The van der Waals surface area contributed by atoms with Crippen molar-refractivity contribution in [3.63, 3.8) is 0 Å². The molecule has 0 N–H and O–H groups in total. The molecule has 0 saturated heterocycles. The van der Waals surface area contributed by atoms with Gasteiger partial charge in [0.05, 0.1) is 11.4 Å². The van der Waals surface area contributed by atoms with Crippen LogP contribution in [0.1, 0.15) is 0 Å². The first-order chi connectivity index (χ1) is 24.7. The molecule has 0 aliphatic heterocycles. The highest BCUT2D eigenvalue weighted by molar-refractivity contribution is 6.15. The van der Waals surface area contributed by atoms with Crippen molar-refractivity contribution in [2.45, 2.75) is 0 Å². The molecular weight excluding hydrogens is 613 g/mol. The summed E-state index contributed by atoms with van der Waals surface area (Å²) in [6, 6.07) is 58.5. The van der Waals surface area contributed by atoms with Crippen LogP contribution in [0.3, 0.4) is 0 Å². The van der Waals surface area contributed by atoms with E-state index in [2.05, 4.69) is 127 Å². The number of aromatic nitrogens is 2. The van der Waals surface area contributed by atoms with E-state index in [1.165, 1.54) is 5.56 Å². The monoisotopic (exact) mass is 640 g/mol. The predicted molar refractivity (Wildman–Crippen MR) is 204 cm³/mol. The summed E-state index contributed by atoms with van der Waals surface area (Å²) in [6.45, 7) is 0. The lowest BCUT2D eigenvalue weighted by atomic mass is 9.99. The third kappa shape index (κ3) is 4.85. The molecule has 234 valence electrons. The Hall–Kier alpha value is -6.78. The van der Waals surface area contributed by atoms with Crippen LogP contribution in [0.2, 0.25) is 0 Å². The first kappa shape index (κ1) is 28.3. The maximum absolute atomic E-state index is 6.43. The molecule has 10 rings (SSSR count). The van der Waals surface area contributed by atoms with Gasteiger partial charge in [0.1, 0.15) is 22.3 Å². The van der Waals surface area contributed by atoms with Gasteiger partial charge < -0.3 is 8.83 Å². The summed E-state index contributed by atoms with van der Waals surface area (Å²) in [5, 5.41) is 4.20. The van der Waals surface area contributed by atoms with Crippen molar-refractivity contribution in [2.75, 3.05) is 0 Å². The van der Waals surface area contributed by atoms with Gasteiger partial charge in [-0.05, 0) is 70.8 Å². The maximum atomic E-state index is 6.43. The molecule has 10 aromatic rings. The largest absolute Gasteiger partial charge is 0.456 e. The Morgan fingerprint density at radius 1 is 0.280 bits per heavy atom.